The Balaban J connectivity index is 1.37. The fourth-order valence-electron chi connectivity index (χ4n) is 4.29. The first-order chi connectivity index (χ1) is 16.4. The Hall–Kier alpha value is -3.23. The number of piperazine rings is 1. The van der Waals surface area contributed by atoms with E-state index in [0.717, 1.165) is 5.69 Å². The highest BCUT2D eigenvalue weighted by atomic mass is 35.5. The zero-order chi connectivity index (χ0) is 23.8. The molecule has 0 radical (unpaired) electrons. The Morgan fingerprint density at radius 1 is 1.12 bits per heavy atom. The maximum Gasteiger partial charge on any atom is 0.264 e. The molecule has 0 N–H and O–H groups in total. The average molecular weight is 497 g/mol. The molecule has 1 fully saturated rings. The number of rotatable bonds is 4. The molecule has 0 atom stereocenters. The number of benzene rings is 2. The normalized spacial score (nSPS) is 14.1. The highest BCUT2D eigenvalue weighted by Gasteiger charge is 2.27. The van der Waals surface area contributed by atoms with Crippen molar-refractivity contribution in [3.05, 3.63) is 92.1 Å². The zero-order valence-corrected chi connectivity index (χ0v) is 20.1. The first kappa shape index (κ1) is 22.6. The van der Waals surface area contributed by atoms with Crippen LogP contribution in [0.15, 0.2) is 59.7 Å². The molecule has 0 saturated carbocycles. The maximum absolute atomic E-state index is 13.5. The van der Waals surface area contributed by atoms with E-state index < -0.39 is 0 Å². The SMILES string of the molecule is Cc1c(C(=O)N2CCN(c3cccc(Cl)c3)CC2)sc2ncn(Cc3cccc(F)c3)c(=O)c12. The Morgan fingerprint density at radius 2 is 1.88 bits per heavy atom. The van der Waals surface area contributed by atoms with Crippen LogP contribution in [0.1, 0.15) is 20.8 Å². The fourth-order valence-corrected chi connectivity index (χ4v) is 5.58. The van der Waals surface area contributed by atoms with Gasteiger partial charge >= 0.3 is 0 Å². The van der Waals surface area contributed by atoms with E-state index in [1.807, 2.05) is 29.2 Å². The molecule has 4 aromatic rings. The van der Waals surface area contributed by atoms with Crippen LogP contribution in [0.3, 0.4) is 0 Å². The van der Waals surface area contributed by atoms with Crippen molar-refractivity contribution in [3.63, 3.8) is 0 Å². The summed E-state index contributed by atoms with van der Waals surface area (Å²) in [7, 11) is 0. The van der Waals surface area contributed by atoms with Gasteiger partial charge in [-0.3, -0.25) is 14.2 Å². The molecular weight excluding hydrogens is 475 g/mol. The Bertz CT molecular complexity index is 1440. The van der Waals surface area contributed by atoms with E-state index in [4.69, 9.17) is 11.6 Å². The number of carbonyl (C=O) groups excluding carboxylic acids is 1. The number of aromatic nitrogens is 2. The van der Waals surface area contributed by atoms with Crippen molar-refractivity contribution in [2.75, 3.05) is 31.1 Å². The van der Waals surface area contributed by atoms with E-state index in [1.54, 1.807) is 19.1 Å². The van der Waals surface area contributed by atoms with Crippen molar-refractivity contribution in [1.29, 1.82) is 0 Å². The summed E-state index contributed by atoms with van der Waals surface area (Å²) in [6.07, 6.45) is 1.46. The van der Waals surface area contributed by atoms with Crippen LogP contribution in [0.5, 0.6) is 0 Å². The molecule has 1 saturated heterocycles. The highest BCUT2D eigenvalue weighted by Crippen LogP contribution is 2.29. The summed E-state index contributed by atoms with van der Waals surface area (Å²) in [4.78, 5) is 36.0. The van der Waals surface area contributed by atoms with Crippen LogP contribution in [0.4, 0.5) is 10.1 Å². The number of hydrogen-bond donors (Lipinski definition) is 0. The molecule has 0 bridgehead atoms. The molecule has 3 heterocycles. The second-order valence-corrected chi connectivity index (χ2v) is 9.74. The molecule has 2 aromatic heterocycles. The van der Waals surface area contributed by atoms with Crippen molar-refractivity contribution in [3.8, 4) is 0 Å². The average Bonchev–Trinajstić information content (AvgIpc) is 3.17. The van der Waals surface area contributed by atoms with Crippen LogP contribution in [-0.2, 0) is 6.54 Å². The topological polar surface area (TPSA) is 58.4 Å². The van der Waals surface area contributed by atoms with Gasteiger partial charge in [-0.1, -0.05) is 29.8 Å². The van der Waals surface area contributed by atoms with Gasteiger partial charge in [0.05, 0.1) is 23.1 Å². The molecule has 1 aliphatic rings. The van der Waals surface area contributed by atoms with Crippen LogP contribution in [0.2, 0.25) is 5.02 Å². The fraction of sp³-hybridized carbons (Fsp3) is 0.240. The molecule has 174 valence electrons. The number of nitrogens with zero attached hydrogens (tertiary/aromatic N) is 4. The molecule has 34 heavy (non-hydrogen) atoms. The van der Waals surface area contributed by atoms with Crippen molar-refractivity contribution >= 4 is 44.7 Å². The minimum atomic E-state index is -0.352. The Morgan fingerprint density at radius 3 is 2.62 bits per heavy atom. The molecule has 0 unspecified atom stereocenters. The van der Waals surface area contributed by atoms with Gasteiger partial charge in [-0.15, -0.1) is 11.3 Å². The van der Waals surface area contributed by atoms with Gasteiger partial charge in [0.25, 0.3) is 11.5 Å². The monoisotopic (exact) mass is 496 g/mol. The number of aryl methyl sites for hydroxylation is 1. The molecule has 6 nitrogen and oxygen atoms in total. The first-order valence-electron chi connectivity index (χ1n) is 10.9. The first-order valence-corrected chi connectivity index (χ1v) is 12.1. The van der Waals surface area contributed by atoms with E-state index in [9.17, 15) is 14.0 Å². The third-order valence-corrected chi connectivity index (χ3v) is 7.52. The maximum atomic E-state index is 13.5. The summed E-state index contributed by atoms with van der Waals surface area (Å²) in [5, 5.41) is 1.14. The van der Waals surface area contributed by atoms with Crippen LogP contribution < -0.4 is 10.5 Å². The highest BCUT2D eigenvalue weighted by molar-refractivity contribution is 7.20. The van der Waals surface area contributed by atoms with Crippen molar-refractivity contribution < 1.29 is 9.18 Å². The number of carbonyl (C=O) groups is 1. The third kappa shape index (κ3) is 4.31. The molecule has 0 spiro atoms. The summed E-state index contributed by atoms with van der Waals surface area (Å²) in [6.45, 7) is 4.57. The van der Waals surface area contributed by atoms with Crippen molar-refractivity contribution in [2.24, 2.45) is 0 Å². The van der Waals surface area contributed by atoms with Gasteiger partial charge < -0.3 is 9.80 Å². The standard InChI is InChI=1S/C25H22ClFN4O2S/c1-16-21-23(28-15-31(24(21)32)14-17-4-2-6-19(27)12-17)34-22(16)25(33)30-10-8-29(9-11-30)20-7-3-5-18(26)13-20/h2-7,12-13,15H,8-11,14H2,1H3. The Kier molecular flexibility index (Phi) is 6.10. The summed E-state index contributed by atoms with van der Waals surface area (Å²) in [5.74, 6) is -0.433. The molecule has 0 aliphatic carbocycles. The molecule has 2 aromatic carbocycles. The van der Waals surface area contributed by atoms with E-state index >= 15 is 0 Å². The minimum Gasteiger partial charge on any atom is -0.368 e. The van der Waals surface area contributed by atoms with Crippen molar-refractivity contribution in [1.82, 2.24) is 14.5 Å². The van der Waals surface area contributed by atoms with Crippen LogP contribution in [0.25, 0.3) is 10.2 Å². The molecule has 1 amide bonds. The van der Waals surface area contributed by atoms with Crippen LogP contribution in [-0.4, -0.2) is 46.5 Å². The zero-order valence-electron chi connectivity index (χ0n) is 18.5. The summed E-state index contributed by atoms with van der Waals surface area (Å²) >= 11 is 7.37. The van der Waals surface area contributed by atoms with E-state index in [-0.39, 0.29) is 23.8 Å². The smallest absolute Gasteiger partial charge is 0.264 e. The van der Waals surface area contributed by atoms with Gasteiger partial charge in [-0.05, 0) is 48.4 Å². The van der Waals surface area contributed by atoms with E-state index in [0.29, 0.717) is 57.4 Å². The third-order valence-electron chi connectivity index (χ3n) is 6.09. The predicted molar refractivity (Wildman–Crippen MR) is 134 cm³/mol. The van der Waals surface area contributed by atoms with Crippen molar-refractivity contribution in [2.45, 2.75) is 13.5 Å². The summed E-state index contributed by atoms with van der Waals surface area (Å²) < 4.78 is 15.0. The lowest BCUT2D eigenvalue weighted by atomic mass is 10.1. The quantitative estimate of drug-likeness (QED) is 0.415. The van der Waals surface area contributed by atoms with Gasteiger partial charge in [-0.2, -0.15) is 0 Å². The van der Waals surface area contributed by atoms with E-state index in [2.05, 4.69) is 9.88 Å². The van der Waals surface area contributed by atoms with E-state index in [1.165, 1.54) is 34.4 Å². The predicted octanol–water partition coefficient (Wildman–Crippen LogP) is 4.57. The molecular formula is C25H22ClFN4O2S. The second kappa shape index (κ2) is 9.19. The summed E-state index contributed by atoms with van der Waals surface area (Å²) in [5.41, 5.74) is 2.13. The van der Waals surface area contributed by atoms with Crippen LogP contribution >= 0.6 is 22.9 Å². The number of amides is 1. The minimum absolute atomic E-state index is 0.0812. The molecule has 5 rings (SSSR count). The summed E-state index contributed by atoms with van der Waals surface area (Å²) in [6, 6.07) is 13.8. The van der Waals surface area contributed by atoms with Gasteiger partial charge in [0.1, 0.15) is 10.6 Å². The largest absolute Gasteiger partial charge is 0.368 e. The van der Waals surface area contributed by atoms with Crippen LogP contribution in [0, 0.1) is 12.7 Å². The Labute approximate surface area is 204 Å². The number of hydrogen-bond acceptors (Lipinski definition) is 5. The number of anilines is 1. The van der Waals surface area contributed by atoms with Gasteiger partial charge in [-0.25, -0.2) is 9.37 Å². The van der Waals surface area contributed by atoms with Gasteiger partial charge in [0.2, 0.25) is 0 Å². The van der Waals surface area contributed by atoms with Gasteiger partial charge in [0, 0.05) is 36.9 Å². The lowest BCUT2D eigenvalue weighted by Gasteiger charge is -2.36. The number of thiophene rings is 1. The number of fused-ring (bicyclic) bond motifs is 1. The lowest BCUT2D eigenvalue weighted by molar-refractivity contribution is 0.0751. The molecule has 9 heteroatoms. The second-order valence-electron chi connectivity index (χ2n) is 8.30. The number of halogens is 2. The van der Waals surface area contributed by atoms with Gasteiger partial charge in [0.15, 0.2) is 0 Å². The lowest BCUT2D eigenvalue weighted by Crippen LogP contribution is -2.48. The molecule has 1 aliphatic heterocycles.